The van der Waals surface area contributed by atoms with Gasteiger partial charge in [0.15, 0.2) is 0 Å². The number of amides is 1. The molecule has 6 nitrogen and oxygen atoms in total. The molecular formula is C14H13FN2O4. The van der Waals surface area contributed by atoms with E-state index in [0.717, 1.165) is 12.1 Å². The van der Waals surface area contributed by atoms with E-state index in [0.29, 0.717) is 11.5 Å². The minimum absolute atomic E-state index is 0.00762. The van der Waals surface area contributed by atoms with Crippen LogP contribution in [0, 0.1) is 22.9 Å². The largest absolute Gasteiger partial charge is 0.464 e. The van der Waals surface area contributed by atoms with Crippen LogP contribution in [0.4, 0.5) is 10.1 Å². The number of aryl methyl sites for hydroxylation is 1. The molecule has 0 fully saturated rings. The number of nitrogens with one attached hydrogen (secondary N) is 1. The average molecular weight is 292 g/mol. The van der Waals surface area contributed by atoms with Crippen molar-refractivity contribution in [2.24, 2.45) is 0 Å². The average Bonchev–Trinajstić information content (AvgIpc) is 2.84. The molecule has 0 aliphatic carbocycles. The second-order valence-corrected chi connectivity index (χ2v) is 4.57. The zero-order chi connectivity index (χ0) is 15.6. The summed E-state index contributed by atoms with van der Waals surface area (Å²) in [6, 6.07) is 6.11. The van der Waals surface area contributed by atoms with Crippen molar-refractivity contribution in [3.8, 4) is 0 Å². The van der Waals surface area contributed by atoms with Gasteiger partial charge in [-0.2, -0.15) is 4.39 Å². The van der Waals surface area contributed by atoms with Crippen LogP contribution in [0.25, 0.3) is 0 Å². The number of hydrogen-bond acceptors (Lipinski definition) is 4. The number of nitro benzene ring substituents is 1. The number of rotatable bonds is 4. The van der Waals surface area contributed by atoms with Gasteiger partial charge in [0.1, 0.15) is 11.5 Å². The molecule has 0 aliphatic heterocycles. The molecule has 1 amide bonds. The first kappa shape index (κ1) is 14.7. The Morgan fingerprint density at radius 1 is 1.38 bits per heavy atom. The Morgan fingerprint density at radius 2 is 2.10 bits per heavy atom. The van der Waals surface area contributed by atoms with Crippen molar-refractivity contribution in [3.63, 3.8) is 0 Å². The SMILES string of the molecule is Cc1ccc(C(C)NC(=O)c2ccc([N+](=O)[O-])c(F)c2)o1. The van der Waals surface area contributed by atoms with Crippen molar-refractivity contribution in [2.75, 3.05) is 0 Å². The molecule has 1 aromatic carbocycles. The fourth-order valence-corrected chi connectivity index (χ4v) is 1.83. The van der Waals surface area contributed by atoms with Gasteiger partial charge in [0, 0.05) is 11.6 Å². The van der Waals surface area contributed by atoms with Gasteiger partial charge in [-0.05, 0) is 38.1 Å². The predicted molar refractivity (Wildman–Crippen MR) is 72.4 cm³/mol. The lowest BCUT2D eigenvalue weighted by molar-refractivity contribution is -0.387. The van der Waals surface area contributed by atoms with E-state index in [2.05, 4.69) is 5.32 Å². The predicted octanol–water partition coefficient (Wildman–Crippen LogP) is 3.13. The van der Waals surface area contributed by atoms with Crippen LogP contribution >= 0.6 is 0 Å². The Morgan fingerprint density at radius 3 is 2.62 bits per heavy atom. The highest BCUT2D eigenvalue weighted by molar-refractivity contribution is 5.94. The molecule has 21 heavy (non-hydrogen) atoms. The summed E-state index contributed by atoms with van der Waals surface area (Å²) in [5.74, 6) is -0.296. The van der Waals surface area contributed by atoms with Crippen molar-refractivity contribution in [1.82, 2.24) is 5.32 Å². The summed E-state index contributed by atoms with van der Waals surface area (Å²) in [5.41, 5.74) is -0.658. The first-order valence-corrected chi connectivity index (χ1v) is 6.19. The summed E-state index contributed by atoms with van der Waals surface area (Å²) in [6.45, 7) is 3.50. The summed E-state index contributed by atoms with van der Waals surface area (Å²) in [7, 11) is 0. The summed E-state index contributed by atoms with van der Waals surface area (Å²) in [4.78, 5) is 21.7. The fraction of sp³-hybridized carbons (Fsp3) is 0.214. The van der Waals surface area contributed by atoms with Gasteiger partial charge in [-0.25, -0.2) is 0 Å². The highest BCUT2D eigenvalue weighted by Crippen LogP contribution is 2.20. The van der Waals surface area contributed by atoms with E-state index in [4.69, 9.17) is 4.42 Å². The molecule has 0 bridgehead atoms. The maximum atomic E-state index is 13.5. The van der Waals surface area contributed by atoms with E-state index in [1.54, 1.807) is 26.0 Å². The Labute approximate surface area is 119 Å². The van der Waals surface area contributed by atoms with Crippen LogP contribution in [0.5, 0.6) is 0 Å². The van der Waals surface area contributed by atoms with E-state index in [1.807, 2.05) is 0 Å². The van der Waals surface area contributed by atoms with Gasteiger partial charge >= 0.3 is 5.69 Å². The number of benzene rings is 1. The van der Waals surface area contributed by atoms with E-state index in [-0.39, 0.29) is 5.56 Å². The van der Waals surface area contributed by atoms with Gasteiger partial charge in [-0.1, -0.05) is 0 Å². The molecular weight excluding hydrogens is 279 g/mol. The lowest BCUT2D eigenvalue weighted by atomic mass is 10.1. The van der Waals surface area contributed by atoms with Gasteiger partial charge in [0.25, 0.3) is 5.91 Å². The van der Waals surface area contributed by atoms with E-state index >= 15 is 0 Å². The van der Waals surface area contributed by atoms with E-state index in [1.165, 1.54) is 6.07 Å². The topological polar surface area (TPSA) is 85.4 Å². The molecule has 110 valence electrons. The first-order valence-electron chi connectivity index (χ1n) is 6.19. The van der Waals surface area contributed by atoms with Crippen molar-refractivity contribution in [2.45, 2.75) is 19.9 Å². The minimum atomic E-state index is -1.05. The number of furan rings is 1. The van der Waals surface area contributed by atoms with Gasteiger partial charge in [0.2, 0.25) is 5.82 Å². The number of nitro groups is 1. The van der Waals surface area contributed by atoms with Crippen molar-refractivity contribution < 1.29 is 18.5 Å². The molecule has 0 saturated heterocycles. The third-order valence-corrected chi connectivity index (χ3v) is 2.94. The van der Waals surface area contributed by atoms with Crippen molar-refractivity contribution in [3.05, 3.63) is 63.3 Å². The number of hydrogen-bond donors (Lipinski definition) is 1. The Hall–Kier alpha value is -2.70. The minimum Gasteiger partial charge on any atom is -0.464 e. The van der Waals surface area contributed by atoms with Crippen LogP contribution in [0.2, 0.25) is 0 Å². The van der Waals surface area contributed by atoms with Crippen molar-refractivity contribution >= 4 is 11.6 Å². The molecule has 2 aromatic rings. The third-order valence-electron chi connectivity index (χ3n) is 2.94. The summed E-state index contributed by atoms with van der Waals surface area (Å²) in [6.07, 6.45) is 0. The second kappa shape index (κ2) is 5.74. The molecule has 0 aliphatic rings. The molecule has 2 rings (SSSR count). The van der Waals surface area contributed by atoms with Gasteiger partial charge in [-0.15, -0.1) is 0 Å². The smallest absolute Gasteiger partial charge is 0.304 e. The molecule has 1 heterocycles. The first-order chi connectivity index (χ1) is 9.88. The number of nitrogens with zero attached hydrogens (tertiary/aromatic N) is 1. The highest BCUT2D eigenvalue weighted by atomic mass is 19.1. The molecule has 1 unspecified atom stereocenters. The van der Waals surface area contributed by atoms with Crippen LogP contribution in [-0.2, 0) is 0 Å². The van der Waals surface area contributed by atoms with Crippen molar-refractivity contribution in [1.29, 1.82) is 0 Å². The van der Waals surface area contributed by atoms with E-state index in [9.17, 15) is 19.3 Å². The maximum absolute atomic E-state index is 13.5. The molecule has 0 radical (unpaired) electrons. The molecule has 1 N–H and O–H groups in total. The summed E-state index contributed by atoms with van der Waals surface area (Å²) >= 11 is 0. The van der Waals surface area contributed by atoms with Crippen LogP contribution in [-0.4, -0.2) is 10.8 Å². The Bertz CT molecular complexity index is 696. The number of carbonyl (C=O) groups is 1. The zero-order valence-corrected chi connectivity index (χ0v) is 11.4. The monoisotopic (exact) mass is 292 g/mol. The molecule has 1 atom stereocenters. The molecule has 7 heteroatoms. The lowest BCUT2D eigenvalue weighted by Gasteiger charge is -2.11. The van der Waals surface area contributed by atoms with Crippen LogP contribution in [0.15, 0.2) is 34.7 Å². The quantitative estimate of drug-likeness (QED) is 0.693. The Balaban J connectivity index is 2.13. The lowest BCUT2D eigenvalue weighted by Crippen LogP contribution is -2.26. The van der Waals surface area contributed by atoms with Gasteiger partial charge < -0.3 is 9.73 Å². The van der Waals surface area contributed by atoms with E-state index < -0.39 is 28.4 Å². The van der Waals surface area contributed by atoms with Gasteiger partial charge in [0.05, 0.1) is 11.0 Å². The van der Waals surface area contributed by atoms with Crippen LogP contribution in [0.1, 0.15) is 34.8 Å². The van der Waals surface area contributed by atoms with Gasteiger partial charge in [-0.3, -0.25) is 14.9 Å². The zero-order valence-electron chi connectivity index (χ0n) is 11.4. The number of carbonyl (C=O) groups excluding carboxylic acids is 1. The summed E-state index contributed by atoms with van der Waals surface area (Å²) in [5, 5.41) is 13.2. The van der Waals surface area contributed by atoms with Crippen LogP contribution in [0.3, 0.4) is 0 Å². The maximum Gasteiger partial charge on any atom is 0.304 e. The summed E-state index contributed by atoms with van der Waals surface area (Å²) < 4.78 is 18.9. The fourth-order valence-electron chi connectivity index (χ4n) is 1.83. The van der Waals surface area contributed by atoms with Crippen LogP contribution < -0.4 is 5.32 Å². The normalized spacial score (nSPS) is 12.0. The highest BCUT2D eigenvalue weighted by Gasteiger charge is 2.18. The number of halogens is 1. The third kappa shape index (κ3) is 3.25. The molecule has 0 spiro atoms. The molecule has 1 aromatic heterocycles. The second-order valence-electron chi connectivity index (χ2n) is 4.57. The standard InChI is InChI=1S/C14H13FN2O4/c1-8-3-6-13(21-8)9(2)16-14(18)10-4-5-12(17(19)20)11(15)7-10/h3-7,9H,1-2H3,(H,16,18). The Kier molecular flexibility index (Phi) is 4.02. The molecule has 0 saturated carbocycles.